The molecule has 2 aromatic heterocycles. The van der Waals surface area contributed by atoms with Gasteiger partial charge in [0.15, 0.2) is 4.77 Å². The van der Waals surface area contributed by atoms with E-state index in [0.717, 1.165) is 23.0 Å². The molecule has 4 aromatic rings. The SMILES string of the molecule is CCc1ccc(NC(=O)CCCCn2c(=S)[nH]c3c([nH]c4ccc(OC)cc43)c2=O)cc1. The molecular weight excluding hydrogens is 424 g/mol. The number of aromatic amines is 2. The van der Waals surface area contributed by atoms with Crippen LogP contribution in [0, 0.1) is 4.77 Å². The molecule has 4 rings (SSSR count). The Morgan fingerprint density at radius 2 is 1.88 bits per heavy atom. The van der Waals surface area contributed by atoms with Crippen LogP contribution in [0.5, 0.6) is 5.75 Å². The van der Waals surface area contributed by atoms with E-state index < -0.39 is 0 Å². The Kier molecular flexibility index (Phi) is 6.41. The summed E-state index contributed by atoms with van der Waals surface area (Å²) in [6.07, 6.45) is 2.67. The van der Waals surface area contributed by atoms with Crippen LogP contribution in [-0.2, 0) is 17.8 Å². The molecule has 0 saturated carbocycles. The van der Waals surface area contributed by atoms with E-state index in [9.17, 15) is 9.59 Å². The van der Waals surface area contributed by atoms with Crippen molar-refractivity contribution in [3.8, 4) is 5.75 Å². The molecule has 0 fully saturated rings. The van der Waals surface area contributed by atoms with Gasteiger partial charge in [-0.1, -0.05) is 19.1 Å². The molecule has 0 aliphatic heterocycles. The van der Waals surface area contributed by atoms with Gasteiger partial charge in [0, 0.05) is 29.6 Å². The zero-order valence-corrected chi connectivity index (χ0v) is 19.0. The number of amides is 1. The lowest BCUT2D eigenvalue weighted by atomic mass is 10.1. The Morgan fingerprint density at radius 1 is 1.09 bits per heavy atom. The van der Waals surface area contributed by atoms with Gasteiger partial charge in [0.05, 0.1) is 12.6 Å². The van der Waals surface area contributed by atoms with E-state index in [0.29, 0.717) is 47.4 Å². The van der Waals surface area contributed by atoms with E-state index >= 15 is 0 Å². The minimum Gasteiger partial charge on any atom is -0.497 e. The molecule has 0 saturated heterocycles. The summed E-state index contributed by atoms with van der Waals surface area (Å²) in [6.45, 7) is 2.54. The molecule has 2 heterocycles. The van der Waals surface area contributed by atoms with Crippen LogP contribution in [0.15, 0.2) is 47.3 Å². The number of nitrogens with one attached hydrogen (secondary N) is 3. The van der Waals surface area contributed by atoms with Gasteiger partial charge in [-0.3, -0.25) is 14.2 Å². The minimum absolute atomic E-state index is 0.0354. The number of anilines is 1. The van der Waals surface area contributed by atoms with Crippen LogP contribution in [0.1, 0.15) is 31.7 Å². The number of H-pyrrole nitrogens is 2. The van der Waals surface area contributed by atoms with E-state index in [2.05, 4.69) is 22.2 Å². The van der Waals surface area contributed by atoms with Crippen molar-refractivity contribution >= 4 is 45.7 Å². The average Bonchev–Trinajstić information content (AvgIpc) is 3.16. The lowest BCUT2D eigenvalue weighted by Crippen LogP contribution is -2.22. The number of carbonyl (C=O) groups is 1. The molecule has 0 aliphatic rings. The molecule has 1 amide bonds. The second kappa shape index (κ2) is 9.40. The first-order valence-electron chi connectivity index (χ1n) is 10.7. The van der Waals surface area contributed by atoms with Crippen LogP contribution in [0.25, 0.3) is 21.9 Å². The Labute approximate surface area is 190 Å². The second-order valence-corrected chi connectivity index (χ2v) is 8.12. The summed E-state index contributed by atoms with van der Waals surface area (Å²) in [5.41, 5.74) is 3.86. The summed E-state index contributed by atoms with van der Waals surface area (Å²) in [5.74, 6) is 0.674. The van der Waals surface area contributed by atoms with Gasteiger partial charge in [0.1, 0.15) is 11.3 Å². The second-order valence-electron chi connectivity index (χ2n) is 7.73. The number of unbranched alkanes of at least 4 members (excludes halogenated alkanes) is 1. The standard InChI is InChI=1S/C24H26N4O3S/c1-3-15-7-9-16(10-8-15)25-20(29)6-4-5-13-28-23(30)22-21(27-24(28)32)18-14-17(31-2)11-12-19(18)26-22/h7-12,14,26H,3-6,13H2,1-2H3,(H,25,29)(H,27,32). The van der Waals surface area contributed by atoms with Gasteiger partial charge < -0.3 is 20.0 Å². The maximum Gasteiger partial charge on any atom is 0.278 e. The fourth-order valence-electron chi connectivity index (χ4n) is 3.80. The molecule has 166 valence electrons. The van der Waals surface area contributed by atoms with Gasteiger partial charge in [-0.15, -0.1) is 0 Å². The van der Waals surface area contributed by atoms with Gasteiger partial charge in [-0.05, 0) is 67.4 Å². The molecule has 0 radical (unpaired) electrons. The summed E-state index contributed by atoms with van der Waals surface area (Å²) in [5, 5.41) is 3.77. The molecule has 2 aromatic carbocycles. The predicted octanol–water partition coefficient (Wildman–Crippen LogP) is 4.92. The summed E-state index contributed by atoms with van der Waals surface area (Å²) in [4.78, 5) is 31.6. The number of rotatable bonds is 8. The van der Waals surface area contributed by atoms with Crippen molar-refractivity contribution in [2.24, 2.45) is 0 Å². The first-order chi connectivity index (χ1) is 15.5. The molecule has 0 spiro atoms. The number of benzene rings is 2. The lowest BCUT2D eigenvalue weighted by Gasteiger charge is -2.08. The number of hydrogen-bond donors (Lipinski definition) is 3. The van der Waals surface area contributed by atoms with Crippen molar-refractivity contribution < 1.29 is 9.53 Å². The highest BCUT2D eigenvalue weighted by Gasteiger charge is 2.12. The van der Waals surface area contributed by atoms with Crippen LogP contribution in [-0.4, -0.2) is 27.6 Å². The molecular formula is C24H26N4O3S. The summed E-state index contributed by atoms with van der Waals surface area (Å²) >= 11 is 5.45. The van der Waals surface area contributed by atoms with Crippen LogP contribution >= 0.6 is 12.2 Å². The van der Waals surface area contributed by atoms with Crippen molar-refractivity contribution in [2.75, 3.05) is 12.4 Å². The first kappa shape index (κ1) is 21.8. The van der Waals surface area contributed by atoms with Crippen molar-refractivity contribution in [2.45, 2.75) is 39.2 Å². The quantitative estimate of drug-likeness (QED) is 0.262. The van der Waals surface area contributed by atoms with Crippen molar-refractivity contribution in [1.29, 1.82) is 0 Å². The van der Waals surface area contributed by atoms with Crippen molar-refractivity contribution in [1.82, 2.24) is 14.5 Å². The highest BCUT2D eigenvalue weighted by atomic mass is 32.1. The highest BCUT2D eigenvalue weighted by molar-refractivity contribution is 7.71. The number of nitrogens with zero attached hydrogens (tertiary/aromatic N) is 1. The highest BCUT2D eigenvalue weighted by Crippen LogP contribution is 2.25. The minimum atomic E-state index is -0.167. The van der Waals surface area contributed by atoms with E-state index in [1.54, 1.807) is 11.7 Å². The molecule has 0 bridgehead atoms. The van der Waals surface area contributed by atoms with Gasteiger partial charge in [0.2, 0.25) is 5.91 Å². The van der Waals surface area contributed by atoms with E-state index in [1.165, 1.54) is 5.56 Å². The zero-order chi connectivity index (χ0) is 22.7. The fourth-order valence-corrected chi connectivity index (χ4v) is 4.07. The van der Waals surface area contributed by atoms with E-state index in [4.69, 9.17) is 17.0 Å². The van der Waals surface area contributed by atoms with Crippen molar-refractivity contribution in [3.05, 3.63) is 63.2 Å². The maximum absolute atomic E-state index is 13.0. The molecule has 8 heteroatoms. The lowest BCUT2D eigenvalue weighted by molar-refractivity contribution is -0.116. The Hall–Kier alpha value is -3.39. The van der Waals surface area contributed by atoms with Crippen LogP contribution in [0.4, 0.5) is 5.69 Å². The normalized spacial score (nSPS) is 11.2. The van der Waals surface area contributed by atoms with Crippen LogP contribution < -0.4 is 15.6 Å². The van der Waals surface area contributed by atoms with Gasteiger partial charge in [0.25, 0.3) is 5.56 Å². The Balaban J connectivity index is 1.41. The number of carbonyl (C=O) groups excluding carboxylic acids is 1. The van der Waals surface area contributed by atoms with Crippen LogP contribution in [0.2, 0.25) is 0 Å². The zero-order valence-electron chi connectivity index (χ0n) is 18.2. The molecule has 3 N–H and O–H groups in total. The average molecular weight is 451 g/mol. The number of hydrogen-bond acceptors (Lipinski definition) is 4. The summed E-state index contributed by atoms with van der Waals surface area (Å²) in [7, 11) is 1.60. The molecule has 0 aliphatic carbocycles. The van der Waals surface area contributed by atoms with Gasteiger partial charge in [-0.2, -0.15) is 0 Å². The third kappa shape index (κ3) is 4.45. The Bertz CT molecular complexity index is 1380. The summed E-state index contributed by atoms with van der Waals surface area (Å²) < 4.78 is 7.20. The largest absolute Gasteiger partial charge is 0.497 e. The number of aryl methyl sites for hydroxylation is 1. The molecule has 32 heavy (non-hydrogen) atoms. The third-order valence-electron chi connectivity index (χ3n) is 5.62. The van der Waals surface area contributed by atoms with Gasteiger partial charge in [-0.25, -0.2) is 0 Å². The Morgan fingerprint density at radius 3 is 2.59 bits per heavy atom. The number of methoxy groups -OCH3 is 1. The van der Waals surface area contributed by atoms with Gasteiger partial charge >= 0.3 is 0 Å². The first-order valence-corrected chi connectivity index (χ1v) is 11.1. The molecule has 7 nitrogen and oxygen atoms in total. The predicted molar refractivity (Wildman–Crippen MR) is 130 cm³/mol. The third-order valence-corrected chi connectivity index (χ3v) is 5.95. The van der Waals surface area contributed by atoms with Crippen LogP contribution in [0.3, 0.4) is 0 Å². The fraction of sp³-hybridized carbons (Fsp3) is 0.292. The monoisotopic (exact) mass is 450 g/mol. The van der Waals surface area contributed by atoms with E-state index in [1.807, 2.05) is 42.5 Å². The molecule has 0 atom stereocenters. The number of fused-ring (bicyclic) bond motifs is 3. The van der Waals surface area contributed by atoms with E-state index in [-0.39, 0.29) is 11.5 Å². The smallest absolute Gasteiger partial charge is 0.278 e. The maximum atomic E-state index is 13.0. The number of aromatic nitrogens is 3. The van der Waals surface area contributed by atoms with Crippen molar-refractivity contribution in [3.63, 3.8) is 0 Å². The topological polar surface area (TPSA) is 91.9 Å². The molecule has 0 unspecified atom stereocenters. The number of ether oxygens (including phenoxy) is 1. The summed E-state index contributed by atoms with van der Waals surface area (Å²) in [6, 6.07) is 13.5.